The van der Waals surface area contributed by atoms with Crippen LogP contribution in [0.2, 0.25) is 0 Å². The molecule has 0 aromatic heterocycles. The van der Waals surface area contributed by atoms with Crippen molar-refractivity contribution in [3.05, 3.63) is 0 Å². The number of hydrogen-bond donors (Lipinski definition) is 0. The largest absolute Gasteiger partial charge is 0.378 e. The third-order valence-corrected chi connectivity index (χ3v) is 6.11. The number of hydrogen-bond acceptors (Lipinski definition) is 1. The molecule has 0 aromatic carbocycles. The van der Waals surface area contributed by atoms with E-state index in [-0.39, 0.29) is 0 Å². The minimum Gasteiger partial charge on any atom is -0.378 e. The second-order valence-corrected chi connectivity index (χ2v) is 7.49. The van der Waals surface area contributed by atoms with Crippen LogP contribution < -0.4 is 0 Å². The molecule has 0 amide bonds. The van der Waals surface area contributed by atoms with Gasteiger partial charge in [0.25, 0.3) is 0 Å². The lowest BCUT2D eigenvalue weighted by atomic mass is 9.82. The van der Waals surface area contributed by atoms with Gasteiger partial charge in [0.2, 0.25) is 0 Å². The Labute approximate surface area is 119 Å². The molecule has 2 heterocycles. The summed E-state index contributed by atoms with van der Waals surface area (Å²) in [5.74, 6) is 0.848. The molecule has 1 saturated carbocycles. The summed E-state index contributed by atoms with van der Waals surface area (Å²) in [5, 5.41) is 0. The van der Waals surface area contributed by atoms with E-state index in [1.54, 1.807) is 0 Å². The second kappa shape index (κ2) is 6.13. The summed E-state index contributed by atoms with van der Waals surface area (Å²) in [7, 11) is 2.51. The molecule has 2 aliphatic heterocycles. The Kier molecular flexibility index (Phi) is 4.48. The van der Waals surface area contributed by atoms with Crippen molar-refractivity contribution in [2.75, 3.05) is 26.7 Å². The summed E-state index contributed by atoms with van der Waals surface area (Å²) in [5.41, 5.74) is 0. The molecule has 110 valence electrons. The molecule has 2 saturated heterocycles. The molecule has 2 nitrogen and oxygen atoms in total. The van der Waals surface area contributed by atoms with Crippen molar-refractivity contribution >= 4 is 0 Å². The topological polar surface area (TPSA) is 9.23 Å². The average Bonchev–Trinajstić information content (AvgIpc) is 2.45. The Morgan fingerprint density at radius 3 is 2.42 bits per heavy atom. The standard InChI is InChI=1S/C17H32NO/c1-18-12-6-5-11-17(18)15(8-7-13-18)14-19-16-9-3-2-4-10-16/h15-17H,2-14H2,1H3/q+1. The maximum Gasteiger partial charge on any atom is 0.0939 e. The third-order valence-electron chi connectivity index (χ3n) is 6.11. The number of fused-ring (bicyclic) bond motifs is 1. The normalized spacial score (nSPS) is 40.9. The lowest BCUT2D eigenvalue weighted by molar-refractivity contribution is -0.947. The molecule has 0 bridgehead atoms. The molecule has 3 rings (SSSR count). The highest BCUT2D eigenvalue weighted by Crippen LogP contribution is 2.36. The maximum absolute atomic E-state index is 6.31. The van der Waals surface area contributed by atoms with Crippen molar-refractivity contribution in [3.8, 4) is 0 Å². The summed E-state index contributed by atoms with van der Waals surface area (Å²) in [4.78, 5) is 0. The molecule has 0 aromatic rings. The molecule has 3 fully saturated rings. The van der Waals surface area contributed by atoms with E-state index in [9.17, 15) is 0 Å². The van der Waals surface area contributed by atoms with Gasteiger partial charge in [0, 0.05) is 12.3 Å². The Bertz CT molecular complexity index is 283. The van der Waals surface area contributed by atoms with E-state index in [1.807, 2.05) is 0 Å². The van der Waals surface area contributed by atoms with Crippen LogP contribution in [0.4, 0.5) is 0 Å². The van der Waals surface area contributed by atoms with Crippen LogP contribution in [0.5, 0.6) is 0 Å². The minimum absolute atomic E-state index is 0.595. The van der Waals surface area contributed by atoms with E-state index in [4.69, 9.17) is 4.74 Å². The van der Waals surface area contributed by atoms with Gasteiger partial charge >= 0.3 is 0 Å². The molecule has 1 aliphatic carbocycles. The Balaban J connectivity index is 1.54. The van der Waals surface area contributed by atoms with Crippen LogP contribution in [0.15, 0.2) is 0 Å². The molecule has 3 aliphatic rings. The average molecular weight is 266 g/mol. The molecule has 19 heavy (non-hydrogen) atoms. The number of quaternary nitrogens is 1. The van der Waals surface area contributed by atoms with E-state index in [0.717, 1.165) is 18.6 Å². The first-order valence-electron chi connectivity index (χ1n) is 8.74. The van der Waals surface area contributed by atoms with Gasteiger partial charge in [-0.15, -0.1) is 0 Å². The predicted molar refractivity (Wildman–Crippen MR) is 79.1 cm³/mol. The van der Waals surface area contributed by atoms with Crippen molar-refractivity contribution in [1.82, 2.24) is 0 Å². The maximum atomic E-state index is 6.31. The minimum atomic E-state index is 0.595. The van der Waals surface area contributed by atoms with E-state index in [0.29, 0.717) is 6.10 Å². The van der Waals surface area contributed by atoms with Crippen molar-refractivity contribution < 1.29 is 9.22 Å². The number of piperidine rings is 2. The van der Waals surface area contributed by atoms with E-state index in [1.165, 1.54) is 81.8 Å². The Morgan fingerprint density at radius 2 is 1.58 bits per heavy atom. The summed E-state index contributed by atoms with van der Waals surface area (Å²) >= 11 is 0. The lowest BCUT2D eigenvalue weighted by Crippen LogP contribution is -2.61. The van der Waals surface area contributed by atoms with Gasteiger partial charge in [-0.2, -0.15) is 0 Å². The zero-order valence-electron chi connectivity index (χ0n) is 12.8. The highest BCUT2D eigenvalue weighted by Gasteiger charge is 2.43. The fourth-order valence-electron chi connectivity index (χ4n) is 4.92. The summed E-state index contributed by atoms with van der Waals surface area (Å²) < 4.78 is 7.67. The fraction of sp³-hybridized carbons (Fsp3) is 1.00. The van der Waals surface area contributed by atoms with Crippen molar-refractivity contribution in [1.29, 1.82) is 0 Å². The van der Waals surface area contributed by atoms with Crippen molar-refractivity contribution in [3.63, 3.8) is 0 Å². The molecular formula is C17H32NO+. The van der Waals surface area contributed by atoms with Crippen molar-refractivity contribution in [2.45, 2.75) is 76.4 Å². The van der Waals surface area contributed by atoms with Gasteiger partial charge in [0.15, 0.2) is 0 Å². The quantitative estimate of drug-likeness (QED) is 0.707. The monoisotopic (exact) mass is 266 g/mol. The summed E-state index contributed by atoms with van der Waals surface area (Å²) in [6, 6.07) is 0.908. The highest BCUT2D eigenvalue weighted by atomic mass is 16.5. The van der Waals surface area contributed by atoms with Crippen LogP contribution in [-0.2, 0) is 4.74 Å². The lowest BCUT2D eigenvalue weighted by Gasteiger charge is -2.51. The molecule has 2 heteroatoms. The Hall–Kier alpha value is -0.0800. The number of rotatable bonds is 3. The first-order valence-corrected chi connectivity index (χ1v) is 8.74. The smallest absolute Gasteiger partial charge is 0.0939 e. The highest BCUT2D eigenvalue weighted by molar-refractivity contribution is 4.79. The van der Waals surface area contributed by atoms with Crippen LogP contribution in [-0.4, -0.2) is 43.4 Å². The van der Waals surface area contributed by atoms with Crippen LogP contribution in [0.1, 0.15) is 64.2 Å². The van der Waals surface area contributed by atoms with Crippen LogP contribution in [0.3, 0.4) is 0 Å². The van der Waals surface area contributed by atoms with Gasteiger partial charge in [0.05, 0.1) is 38.9 Å². The van der Waals surface area contributed by atoms with Gasteiger partial charge in [0.1, 0.15) is 0 Å². The van der Waals surface area contributed by atoms with Gasteiger partial charge in [-0.25, -0.2) is 0 Å². The third kappa shape index (κ3) is 3.16. The van der Waals surface area contributed by atoms with E-state index in [2.05, 4.69) is 7.05 Å². The molecular weight excluding hydrogens is 234 g/mol. The predicted octanol–water partition coefficient (Wildman–Crippen LogP) is 3.74. The summed E-state index contributed by atoms with van der Waals surface area (Å²) in [6.07, 6.45) is 14.7. The zero-order chi connectivity index (χ0) is 13.1. The van der Waals surface area contributed by atoms with Gasteiger partial charge in [-0.3, -0.25) is 0 Å². The molecule has 3 atom stereocenters. The molecule has 0 radical (unpaired) electrons. The summed E-state index contributed by atoms with van der Waals surface area (Å²) in [6.45, 7) is 3.90. The van der Waals surface area contributed by atoms with Gasteiger partial charge < -0.3 is 9.22 Å². The molecule has 0 spiro atoms. The first-order chi connectivity index (χ1) is 9.28. The Morgan fingerprint density at radius 1 is 0.842 bits per heavy atom. The molecule has 3 unspecified atom stereocenters. The van der Waals surface area contributed by atoms with Crippen LogP contribution in [0, 0.1) is 5.92 Å². The zero-order valence-corrected chi connectivity index (χ0v) is 12.8. The first kappa shape index (κ1) is 13.9. The number of nitrogens with zero attached hydrogens (tertiary/aromatic N) is 1. The SMILES string of the molecule is C[N+]12CCCCC1C(COC1CCCCC1)CCC2. The van der Waals surface area contributed by atoms with Crippen molar-refractivity contribution in [2.24, 2.45) is 5.92 Å². The van der Waals surface area contributed by atoms with Gasteiger partial charge in [-0.05, 0) is 38.5 Å². The van der Waals surface area contributed by atoms with Crippen LogP contribution in [0.25, 0.3) is 0 Å². The number of ether oxygens (including phenoxy) is 1. The van der Waals surface area contributed by atoms with Crippen LogP contribution >= 0.6 is 0 Å². The van der Waals surface area contributed by atoms with E-state index < -0.39 is 0 Å². The second-order valence-electron chi connectivity index (χ2n) is 7.49. The molecule has 0 N–H and O–H groups in total. The van der Waals surface area contributed by atoms with E-state index >= 15 is 0 Å². The van der Waals surface area contributed by atoms with Gasteiger partial charge in [-0.1, -0.05) is 19.3 Å². The fourth-order valence-corrected chi connectivity index (χ4v) is 4.92.